The van der Waals surface area contributed by atoms with Crippen molar-refractivity contribution in [1.82, 2.24) is 0 Å². The van der Waals surface area contributed by atoms with E-state index in [0.29, 0.717) is 0 Å². The van der Waals surface area contributed by atoms with E-state index in [-0.39, 0.29) is 13.2 Å². The Kier molecular flexibility index (Phi) is 4.31. The van der Waals surface area contributed by atoms with Crippen LogP contribution in [0.4, 0.5) is 0 Å². The fraction of sp³-hybridized carbons (Fsp3) is 1.00. The average molecular weight is 212 g/mol. The Morgan fingerprint density at radius 2 is 2.38 bits per heavy atom. The summed E-state index contributed by atoms with van der Waals surface area (Å²) in [5, 5.41) is 8.83. The predicted octanol–water partition coefficient (Wildman–Crippen LogP) is -0.840. The van der Waals surface area contributed by atoms with Crippen LogP contribution in [0.15, 0.2) is 0 Å². The molecule has 7 heteroatoms. The highest BCUT2D eigenvalue weighted by Crippen LogP contribution is 2.28. The largest absolute Gasteiger partial charge is 0.394 e. The molecule has 1 aliphatic rings. The van der Waals surface area contributed by atoms with Crippen LogP contribution >= 0.6 is 8.25 Å². The summed E-state index contributed by atoms with van der Waals surface area (Å²) in [5.41, 5.74) is 0. The molecule has 6 nitrogen and oxygen atoms in total. The van der Waals surface area contributed by atoms with Crippen molar-refractivity contribution in [2.24, 2.45) is 0 Å². The lowest BCUT2D eigenvalue weighted by atomic mass is 10.1. The molecule has 1 rings (SSSR count). The van der Waals surface area contributed by atoms with Crippen LogP contribution in [0.5, 0.6) is 0 Å². The fourth-order valence-electron chi connectivity index (χ4n) is 1.27. The van der Waals surface area contributed by atoms with Gasteiger partial charge < -0.3 is 24.0 Å². The Morgan fingerprint density at radius 1 is 1.69 bits per heavy atom. The molecule has 0 spiro atoms. The highest BCUT2D eigenvalue weighted by Gasteiger charge is 2.39. The summed E-state index contributed by atoms with van der Waals surface area (Å²) >= 11 is 0. The van der Waals surface area contributed by atoms with Crippen molar-refractivity contribution in [1.29, 1.82) is 0 Å². The van der Waals surface area contributed by atoms with Gasteiger partial charge in [0.25, 0.3) is 0 Å². The van der Waals surface area contributed by atoms with Crippen molar-refractivity contribution in [3.63, 3.8) is 0 Å². The van der Waals surface area contributed by atoms with Crippen LogP contribution in [0.1, 0.15) is 0 Å². The van der Waals surface area contributed by atoms with Crippen molar-refractivity contribution in [2.45, 2.75) is 18.3 Å². The summed E-state index contributed by atoms with van der Waals surface area (Å²) in [6.07, 6.45) is -1.63. The van der Waals surface area contributed by atoms with Gasteiger partial charge in [-0.25, -0.2) is 0 Å². The van der Waals surface area contributed by atoms with E-state index in [2.05, 4.69) is 0 Å². The van der Waals surface area contributed by atoms with Gasteiger partial charge in [-0.15, -0.1) is 0 Å². The Morgan fingerprint density at radius 3 is 2.85 bits per heavy atom. The van der Waals surface area contributed by atoms with Crippen LogP contribution in [0, 0.1) is 0 Å². The first-order valence-electron chi connectivity index (χ1n) is 3.84. The van der Waals surface area contributed by atoms with E-state index in [1.54, 1.807) is 0 Å². The molecule has 1 aliphatic heterocycles. The third kappa shape index (κ3) is 2.74. The molecule has 0 aromatic heterocycles. The van der Waals surface area contributed by atoms with Crippen LogP contribution in [-0.2, 0) is 18.6 Å². The normalized spacial score (nSPS) is 36.4. The first-order chi connectivity index (χ1) is 6.19. The van der Waals surface area contributed by atoms with Crippen molar-refractivity contribution in [3.05, 3.63) is 0 Å². The predicted molar refractivity (Wildman–Crippen MR) is 43.7 cm³/mol. The summed E-state index contributed by atoms with van der Waals surface area (Å²) in [6, 6.07) is 0. The molecule has 1 heterocycles. The Bertz CT molecular complexity index is 174. The molecule has 0 saturated carbocycles. The number of hydrogen-bond acceptors (Lipinski definition) is 5. The maximum atomic E-state index is 10.4. The number of ether oxygens (including phenoxy) is 2. The molecule has 13 heavy (non-hydrogen) atoms. The van der Waals surface area contributed by atoms with Crippen LogP contribution in [0.2, 0.25) is 0 Å². The van der Waals surface area contributed by atoms with Crippen molar-refractivity contribution in [2.75, 3.05) is 20.3 Å². The summed E-state index contributed by atoms with van der Waals surface area (Å²) in [6.45, 7) is 0.0151. The lowest BCUT2D eigenvalue weighted by molar-refractivity contribution is -0.00107. The Labute approximate surface area is 76.4 Å². The van der Waals surface area contributed by atoms with Gasteiger partial charge in [0.15, 0.2) is 0 Å². The number of rotatable bonds is 4. The molecule has 78 valence electrons. The molecule has 2 unspecified atom stereocenters. The molecular formula is C6H13O6P. The first kappa shape index (κ1) is 11.1. The zero-order chi connectivity index (χ0) is 9.84. The maximum absolute atomic E-state index is 10.4. The van der Waals surface area contributed by atoms with Crippen LogP contribution in [0.3, 0.4) is 0 Å². The fourth-order valence-corrected chi connectivity index (χ4v) is 1.81. The van der Waals surface area contributed by atoms with E-state index in [1.807, 2.05) is 0 Å². The van der Waals surface area contributed by atoms with Gasteiger partial charge in [0.2, 0.25) is 0 Å². The van der Waals surface area contributed by atoms with E-state index in [1.165, 1.54) is 7.11 Å². The minimum Gasteiger partial charge on any atom is -0.394 e. The standard InChI is InChI=1S/C6H13O6P/c1-10-5-3-11-4(2-7)6(5)12-13(8)9/h4-7,13H,2-3H2,1H3,(H,8,9)/t4-,5-,6?/m1/s1. The lowest BCUT2D eigenvalue weighted by Crippen LogP contribution is -2.34. The van der Waals surface area contributed by atoms with E-state index in [4.69, 9.17) is 24.0 Å². The van der Waals surface area contributed by atoms with Gasteiger partial charge in [-0.2, -0.15) is 0 Å². The van der Waals surface area contributed by atoms with E-state index in [9.17, 15) is 4.57 Å². The van der Waals surface area contributed by atoms with Crippen LogP contribution in [0.25, 0.3) is 0 Å². The smallest absolute Gasteiger partial charge is 0.317 e. The molecule has 4 atom stereocenters. The number of methoxy groups -OCH3 is 1. The minimum absolute atomic E-state index is 0.250. The van der Waals surface area contributed by atoms with Crippen molar-refractivity contribution >= 4 is 8.25 Å². The zero-order valence-electron chi connectivity index (χ0n) is 7.17. The Balaban J connectivity index is 2.56. The maximum Gasteiger partial charge on any atom is 0.317 e. The molecule has 0 bridgehead atoms. The van der Waals surface area contributed by atoms with Crippen molar-refractivity contribution < 1.29 is 28.6 Å². The van der Waals surface area contributed by atoms with Gasteiger partial charge in [0, 0.05) is 7.11 Å². The van der Waals surface area contributed by atoms with Gasteiger partial charge in [-0.05, 0) is 0 Å². The molecule has 1 saturated heterocycles. The topological polar surface area (TPSA) is 85.2 Å². The lowest BCUT2D eigenvalue weighted by Gasteiger charge is -2.18. The highest BCUT2D eigenvalue weighted by atomic mass is 31.1. The third-order valence-corrected chi connectivity index (χ3v) is 2.40. The molecule has 1 fully saturated rings. The van der Waals surface area contributed by atoms with Gasteiger partial charge in [0.05, 0.1) is 13.2 Å². The van der Waals surface area contributed by atoms with E-state index >= 15 is 0 Å². The van der Waals surface area contributed by atoms with E-state index < -0.39 is 26.6 Å². The SMILES string of the molecule is CO[C@@H]1CO[C@H](CO)C1O[PH](=O)O. The minimum atomic E-state index is -3.02. The molecule has 0 aromatic rings. The van der Waals surface area contributed by atoms with Gasteiger partial charge in [-0.1, -0.05) is 0 Å². The van der Waals surface area contributed by atoms with Crippen LogP contribution < -0.4 is 0 Å². The molecule has 2 N–H and O–H groups in total. The molecular weight excluding hydrogens is 199 g/mol. The summed E-state index contributed by atoms with van der Waals surface area (Å²) in [4.78, 5) is 8.57. The van der Waals surface area contributed by atoms with Crippen LogP contribution in [-0.4, -0.2) is 48.6 Å². The van der Waals surface area contributed by atoms with E-state index in [0.717, 1.165) is 0 Å². The third-order valence-electron chi connectivity index (χ3n) is 1.93. The Hall–Kier alpha value is 0.0300. The highest BCUT2D eigenvalue weighted by molar-refractivity contribution is 7.32. The summed E-state index contributed by atoms with van der Waals surface area (Å²) < 4.78 is 25.2. The van der Waals surface area contributed by atoms with Crippen molar-refractivity contribution in [3.8, 4) is 0 Å². The second kappa shape index (κ2) is 5.05. The second-order valence-electron chi connectivity index (χ2n) is 2.68. The summed E-state index contributed by atoms with van der Waals surface area (Å²) in [7, 11) is -1.57. The number of hydrogen-bond donors (Lipinski definition) is 2. The first-order valence-corrected chi connectivity index (χ1v) is 5.10. The molecule has 0 amide bonds. The number of aliphatic hydroxyl groups is 1. The quantitative estimate of drug-likeness (QED) is 0.591. The molecule has 0 aromatic carbocycles. The average Bonchev–Trinajstić information content (AvgIpc) is 2.46. The summed E-state index contributed by atoms with van der Waals surface area (Å²) in [5.74, 6) is 0. The second-order valence-corrected chi connectivity index (χ2v) is 3.44. The van der Waals surface area contributed by atoms with Gasteiger partial charge >= 0.3 is 8.25 Å². The molecule has 0 radical (unpaired) electrons. The zero-order valence-corrected chi connectivity index (χ0v) is 8.17. The monoisotopic (exact) mass is 212 g/mol. The number of aliphatic hydroxyl groups excluding tert-OH is 1. The van der Waals surface area contributed by atoms with Gasteiger partial charge in [0.1, 0.15) is 18.3 Å². The molecule has 0 aliphatic carbocycles. The van der Waals surface area contributed by atoms with Gasteiger partial charge in [-0.3, -0.25) is 4.57 Å².